The van der Waals surface area contributed by atoms with E-state index in [9.17, 15) is 13.2 Å². The Bertz CT molecular complexity index is 322. The monoisotopic (exact) mass is 274 g/mol. The van der Waals surface area contributed by atoms with Gasteiger partial charge < -0.3 is 0 Å². The number of alkyl halides is 3. The molecular formula is C16H25F3. The highest BCUT2D eigenvalue weighted by atomic mass is 19.3. The van der Waals surface area contributed by atoms with Crippen LogP contribution in [0.5, 0.6) is 0 Å². The van der Waals surface area contributed by atoms with Crippen molar-refractivity contribution in [2.75, 3.05) is 0 Å². The molecule has 0 aromatic carbocycles. The standard InChI is InChI=1S/C16H25F3/c1-10-7-8-12-9-13(11-5-3-2-4-6-11)16(18,19)14(12)15(10)17/h10-15H,2-9H2,1H3. The fraction of sp³-hybridized carbons (Fsp3) is 1.00. The minimum absolute atomic E-state index is 0.0619. The van der Waals surface area contributed by atoms with E-state index >= 15 is 0 Å². The van der Waals surface area contributed by atoms with Crippen LogP contribution in [-0.4, -0.2) is 12.1 Å². The summed E-state index contributed by atoms with van der Waals surface area (Å²) in [6.45, 7) is 1.80. The van der Waals surface area contributed by atoms with Crippen molar-refractivity contribution >= 4 is 0 Å². The van der Waals surface area contributed by atoms with Crippen LogP contribution >= 0.6 is 0 Å². The molecule has 5 atom stereocenters. The van der Waals surface area contributed by atoms with Crippen LogP contribution in [0.25, 0.3) is 0 Å². The molecule has 0 aromatic rings. The van der Waals surface area contributed by atoms with E-state index in [0.29, 0.717) is 6.42 Å². The molecule has 0 aliphatic heterocycles. The predicted octanol–water partition coefficient (Wildman–Crippen LogP) is 5.22. The molecule has 0 saturated heterocycles. The first-order valence-electron chi connectivity index (χ1n) is 8.03. The third-order valence-corrected chi connectivity index (χ3v) is 6.10. The molecule has 3 aliphatic rings. The van der Waals surface area contributed by atoms with Crippen molar-refractivity contribution in [1.29, 1.82) is 0 Å². The number of halogens is 3. The van der Waals surface area contributed by atoms with Crippen molar-refractivity contribution < 1.29 is 13.2 Å². The van der Waals surface area contributed by atoms with Gasteiger partial charge in [0.05, 0.1) is 5.92 Å². The smallest absolute Gasteiger partial charge is 0.247 e. The highest BCUT2D eigenvalue weighted by Crippen LogP contribution is 2.59. The molecule has 0 spiro atoms. The summed E-state index contributed by atoms with van der Waals surface area (Å²) in [5.41, 5.74) is 0. The normalized spacial score (nSPS) is 47.1. The Morgan fingerprint density at radius 3 is 2.26 bits per heavy atom. The van der Waals surface area contributed by atoms with E-state index in [4.69, 9.17) is 0 Å². The molecule has 0 amide bonds. The second-order valence-corrected chi connectivity index (χ2v) is 7.20. The number of fused-ring (bicyclic) bond motifs is 1. The van der Waals surface area contributed by atoms with Gasteiger partial charge in [0.1, 0.15) is 6.17 Å². The van der Waals surface area contributed by atoms with Gasteiger partial charge in [-0.3, -0.25) is 0 Å². The van der Waals surface area contributed by atoms with Crippen LogP contribution in [-0.2, 0) is 0 Å². The second kappa shape index (κ2) is 4.96. The van der Waals surface area contributed by atoms with Crippen LogP contribution < -0.4 is 0 Å². The van der Waals surface area contributed by atoms with Gasteiger partial charge in [-0.15, -0.1) is 0 Å². The molecule has 0 aromatic heterocycles. The predicted molar refractivity (Wildman–Crippen MR) is 69.9 cm³/mol. The van der Waals surface area contributed by atoms with Gasteiger partial charge >= 0.3 is 0 Å². The average molecular weight is 274 g/mol. The van der Waals surface area contributed by atoms with Crippen molar-refractivity contribution in [1.82, 2.24) is 0 Å². The summed E-state index contributed by atoms with van der Waals surface area (Å²) >= 11 is 0. The third kappa shape index (κ3) is 2.21. The molecule has 3 aliphatic carbocycles. The fourth-order valence-electron chi connectivity index (χ4n) is 4.99. The number of hydrogen-bond donors (Lipinski definition) is 0. The molecule has 110 valence electrons. The van der Waals surface area contributed by atoms with Crippen LogP contribution in [0, 0.1) is 29.6 Å². The number of hydrogen-bond acceptors (Lipinski definition) is 0. The average Bonchev–Trinajstić information content (AvgIpc) is 2.67. The zero-order chi connectivity index (χ0) is 13.6. The third-order valence-electron chi connectivity index (χ3n) is 6.10. The lowest BCUT2D eigenvalue weighted by Crippen LogP contribution is -2.44. The van der Waals surface area contributed by atoms with Crippen molar-refractivity contribution in [3.8, 4) is 0 Å². The van der Waals surface area contributed by atoms with Gasteiger partial charge in [-0.2, -0.15) is 0 Å². The maximum Gasteiger partial charge on any atom is 0.257 e. The largest absolute Gasteiger partial charge is 0.257 e. The van der Waals surface area contributed by atoms with Crippen LogP contribution in [0.3, 0.4) is 0 Å². The van der Waals surface area contributed by atoms with Crippen LogP contribution in [0.1, 0.15) is 58.3 Å². The van der Waals surface area contributed by atoms with E-state index in [2.05, 4.69) is 0 Å². The molecule has 0 N–H and O–H groups in total. The van der Waals surface area contributed by atoms with E-state index in [1.807, 2.05) is 0 Å². The minimum Gasteiger partial charge on any atom is -0.247 e. The SMILES string of the molecule is CC1CCC2CC(C3CCCCC3)C(F)(F)C2C1F. The summed E-state index contributed by atoms with van der Waals surface area (Å²) in [4.78, 5) is 0. The minimum atomic E-state index is -2.76. The molecule has 19 heavy (non-hydrogen) atoms. The summed E-state index contributed by atoms with van der Waals surface area (Å²) in [6.07, 6.45) is 6.12. The molecule has 0 radical (unpaired) electrons. The van der Waals surface area contributed by atoms with Crippen LogP contribution in [0.15, 0.2) is 0 Å². The quantitative estimate of drug-likeness (QED) is 0.614. The topological polar surface area (TPSA) is 0 Å². The van der Waals surface area contributed by atoms with Crippen molar-refractivity contribution in [3.63, 3.8) is 0 Å². The first-order valence-corrected chi connectivity index (χ1v) is 8.03. The molecule has 5 unspecified atom stereocenters. The second-order valence-electron chi connectivity index (χ2n) is 7.20. The lowest BCUT2D eigenvalue weighted by molar-refractivity contribution is -0.135. The molecular weight excluding hydrogens is 249 g/mol. The van der Waals surface area contributed by atoms with Gasteiger partial charge in [-0.1, -0.05) is 26.2 Å². The Balaban J connectivity index is 1.80. The van der Waals surface area contributed by atoms with Crippen molar-refractivity contribution in [2.24, 2.45) is 29.6 Å². The molecule has 3 saturated carbocycles. The van der Waals surface area contributed by atoms with Crippen LogP contribution in [0.4, 0.5) is 13.2 Å². The molecule has 3 fully saturated rings. The zero-order valence-electron chi connectivity index (χ0n) is 11.8. The van der Waals surface area contributed by atoms with Gasteiger partial charge in [-0.25, -0.2) is 13.2 Å². The van der Waals surface area contributed by atoms with Gasteiger partial charge in [0.2, 0.25) is 0 Å². The first kappa shape index (κ1) is 13.8. The van der Waals surface area contributed by atoms with E-state index in [-0.39, 0.29) is 17.8 Å². The van der Waals surface area contributed by atoms with Crippen molar-refractivity contribution in [2.45, 2.75) is 70.4 Å². The highest BCUT2D eigenvalue weighted by Gasteiger charge is 2.63. The fourth-order valence-corrected chi connectivity index (χ4v) is 4.99. The van der Waals surface area contributed by atoms with Gasteiger partial charge in [0, 0.05) is 5.92 Å². The Hall–Kier alpha value is -0.210. The summed E-state index contributed by atoms with van der Waals surface area (Å²) in [5, 5.41) is 0. The molecule has 0 bridgehead atoms. The maximum absolute atomic E-state index is 14.7. The van der Waals surface area contributed by atoms with Crippen molar-refractivity contribution in [3.05, 3.63) is 0 Å². The number of rotatable bonds is 1. The highest BCUT2D eigenvalue weighted by molar-refractivity contribution is 5.05. The molecule has 0 nitrogen and oxygen atoms in total. The molecule has 3 rings (SSSR count). The first-order chi connectivity index (χ1) is 9.01. The Morgan fingerprint density at radius 2 is 1.58 bits per heavy atom. The van der Waals surface area contributed by atoms with Crippen LogP contribution in [0.2, 0.25) is 0 Å². The maximum atomic E-state index is 14.7. The lowest BCUT2D eigenvalue weighted by atomic mass is 9.73. The molecule has 0 heterocycles. The Labute approximate surface area is 114 Å². The summed E-state index contributed by atoms with van der Waals surface area (Å²) < 4.78 is 43.7. The van der Waals surface area contributed by atoms with E-state index < -0.39 is 23.9 Å². The van der Waals surface area contributed by atoms with E-state index in [1.165, 1.54) is 6.42 Å². The van der Waals surface area contributed by atoms with E-state index in [0.717, 1.165) is 38.5 Å². The summed E-state index contributed by atoms with van der Waals surface area (Å²) in [6, 6.07) is 0. The summed E-state index contributed by atoms with van der Waals surface area (Å²) in [7, 11) is 0. The van der Waals surface area contributed by atoms with Gasteiger partial charge in [0.15, 0.2) is 0 Å². The zero-order valence-corrected chi connectivity index (χ0v) is 11.8. The van der Waals surface area contributed by atoms with E-state index in [1.54, 1.807) is 6.92 Å². The molecule has 3 heteroatoms. The Morgan fingerprint density at radius 1 is 0.895 bits per heavy atom. The lowest BCUT2D eigenvalue weighted by Gasteiger charge is -2.37. The van der Waals surface area contributed by atoms with Gasteiger partial charge in [-0.05, 0) is 49.9 Å². The van der Waals surface area contributed by atoms with Gasteiger partial charge in [0.25, 0.3) is 5.92 Å². The summed E-state index contributed by atoms with van der Waals surface area (Å²) in [5.74, 6) is -4.38. The Kier molecular flexibility index (Phi) is 3.59.